The summed E-state index contributed by atoms with van der Waals surface area (Å²) in [5.74, 6) is 1.73. The summed E-state index contributed by atoms with van der Waals surface area (Å²) < 4.78 is 10.8. The maximum absolute atomic E-state index is 13.7. The minimum atomic E-state index is -0.346. The lowest BCUT2D eigenvalue weighted by Crippen LogP contribution is -2.49. The maximum Gasteiger partial charge on any atom is 0.276 e. The molecule has 0 bridgehead atoms. The number of amides is 2. The molecular formula is C34H32N6O4. The number of carbonyl (C=O) groups excluding carboxylic acids is 2. The van der Waals surface area contributed by atoms with Crippen LogP contribution in [0.25, 0.3) is 21.9 Å². The summed E-state index contributed by atoms with van der Waals surface area (Å²) >= 11 is 0. The van der Waals surface area contributed by atoms with Crippen molar-refractivity contribution >= 4 is 34.1 Å². The van der Waals surface area contributed by atoms with Gasteiger partial charge in [-0.2, -0.15) is 0 Å². The third-order valence-electron chi connectivity index (χ3n) is 7.61. The van der Waals surface area contributed by atoms with Crippen LogP contribution in [0.15, 0.2) is 91.3 Å². The smallest absolute Gasteiger partial charge is 0.276 e. The number of pyridine rings is 1. The number of aromatic nitrogens is 3. The zero-order valence-electron chi connectivity index (χ0n) is 24.6. The molecule has 10 heteroatoms. The largest absolute Gasteiger partial charge is 0.497 e. The van der Waals surface area contributed by atoms with Crippen LogP contribution < -0.4 is 19.7 Å². The molecule has 0 aliphatic carbocycles. The van der Waals surface area contributed by atoms with Crippen molar-refractivity contribution in [2.75, 3.05) is 50.1 Å². The van der Waals surface area contributed by atoms with Gasteiger partial charge in [0.05, 0.1) is 19.9 Å². The molecule has 1 aliphatic heterocycles. The van der Waals surface area contributed by atoms with E-state index in [0.29, 0.717) is 61.4 Å². The number of methoxy groups -OCH3 is 1. The van der Waals surface area contributed by atoms with Crippen molar-refractivity contribution in [2.45, 2.75) is 6.92 Å². The Hall–Kier alpha value is -5.51. The third kappa shape index (κ3) is 6.00. The van der Waals surface area contributed by atoms with Crippen LogP contribution in [-0.2, 0) is 0 Å². The second-order valence-corrected chi connectivity index (χ2v) is 10.3. The first-order chi connectivity index (χ1) is 21.5. The van der Waals surface area contributed by atoms with Crippen LogP contribution in [0.4, 0.5) is 11.5 Å². The van der Waals surface area contributed by atoms with Gasteiger partial charge in [-0.3, -0.25) is 14.6 Å². The van der Waals surface area contributed by atoms with E-state index in [9.17, 15) is 9.59 Å². The normalized spacial score (nSPS) is 13.0. The summed E-state index contributed by atoms with van der Waals surface area (Å²) in [5, 5.41) is 13.1. The van der Waals surface area contributed by atoms with E-state index in [2.05, 4.69) is 25.4 Å². The number of nitrogens with zero attached hydrogens (tertiary/aromatic N) is 5. The highest BCUT2D eigenvalue weighted by atomic mass is 16.5. The Morgan fingerprint density at radius 1 is 0.841 bits per heavy atom. The Kier molecular flexibility index (Phi) is 8.31. The number of anilines is 2. The highest BCUT2D eigenvalue weighted by Crippen LogP contribution is 2.33. The number of benzene rings is 3. The summed E-state index contributed by atoms with van der Waals surface area (Å²) in [6.45, 7) is 4.78. The molecule has 2 aromatic heterocycles. The zero-order chi connectivity index (χ0) is 30.5. The summed E-state index contributed by atoms with van der Waals surface area (Å²) in [5.41, 5.74) is 3.45. The van der Waals surface area contributed by atoms with Gasteiger partial charge in [0.15, 0.2) is 11.5 Å². The molecule has 44 heavy (non-hydrogen) atoms. The van der Waals surface area contributed by atoms with Gasteiger partial charge in [-0.1, -0.05) is 30.3 Å². The second kappa shape index (κ2) is 12.8. The highest BCUT2D eigenvalue weighted by molar-refractivity contribution is 6.11. The molecule has 1 N–H and O–H groups in total. The number of carbonyl (C=O) groups is 2. The van der Waals surface area contributed by atoms with Gasteiger partial charge in [0.25, 0.3) is 11.8 Å². The molecule has 3 heterocycles. The molecule has 1 aliphatic rings. The van der Waals surface area contributed by atoms with Crippen LogP contribution in [-0.4, -0.2) is 71.8 Å². The Morgan fingerprint density at radius 3 is 2.32 bits per heavy atom. The monoisotopic (exact) mass is 588 g/mol. The predicted molar refractivity (Wildman–Crippen MR) is 169 cm³/mol. The average molecular weight is 589 g/mol. The first kappa shape index (κ1) is 28.6. The van der Waals surface area contributed by atoms with Gasteiger partial charge in [0.1, 0.15) is 11.5 Å². The number of ether oxygens (including phenoxy) is 2. The molecule has 1 saturated heterocycles. The van der Waals surface area contributed by atoms with Crippen LogP contribution in [0.3, 0.4) is 0 Å². The number of rotatable bonds is 8. The molecule has 0 atom stereocenters. The molecule has 10 nitrogen and oxygen atoms in total. The van der Waals surface area contributed by atoms with Crippen LogP contribution in [0.1, 0.15) is 27.8 Å². The minimum Gasteiger partial charge on any atom is -0.497 e. The number of fused-ring (bicyclic) bond motifs is 1. The molecule has 1 fully saturated rings. The van der Waals surface area contributed by atoms with E-state index in [1.165, 1.54) is 0 Å². The van der Waals surface area contributed by atoms with Crippen LogP contribution in [0, 0.1) is 0 Å². The summed E-state index contributed by atoms with van der Waals surface area (Å²) in [7, 11) is 1.59. The van der Waals surface area contributed by atoms with Gasteiger partial charge in [-0.05, 0) is 71.8 Å². The Morgan fingerprint density at radius 2 is 1.61 bits per heavy atom. The van der Waals surface area contributed by atoms with Gasteiger partial charge in [0, 0.05) is 49.2 Å². The molecular weight excluding hydrogens is 556 g/mol. The molecule has 3 aromatic carbocycles. The van der Waals surface area contributed by atoms with Crippen molar-refractivity contribution in [3.63, 3.8) is 0 Å². The van der Waals surface area contributed by atoms with Crippen LogP contribution >= 0.6 is 0 Å². The summed E-state index contributed by atoms with van der Waals surface area (Å²) in [6, 6.07) is 24.3. The van der Waals surface area contributed by atoms with Crippen LogP contribution in [0.2, 0.25) is 0 Å². The quantitative estimate of drug-likeness (QED) is 0.260. The van der Waals surface area contributed by atoms with Gasteiger partial charge >= 0.3 is 0 Å². The van der Waals surface area contributed by atoms with Crippen molar-refractivity contribution in [1.29, 1.82) is 0 Å². The number of hydrogen-bond acceptors (Lipinski definition) is 8. The average Bonchev–Trinajstić information content (AvgIpc) is 3.08. The lowest BCUT2D eigenvalue weighted by atomic mass is 9.95. The standard InChI is InChI=1S/C34H32N6O4/c1-3-44-26-20-23(21-35-22-26)27-12-13-30(29-7-5-4-6-28(27)29)34(42)40-18-16-39(17-19-40)32-15-14-31(37-38-32)33(41)36-24-8-10-25(43-2)11-9-24/h4-15,20-22H,3,16-19H2,1-2H3,(H,36,41). The SMILES string of the molecule is CCOc1cncc(-c2ccc(C(=O)N3CCN(c4ccc(C(=O)Nc5ccc(OC)cc5)nn4)CC3)c3ccccc23)c1. The molecule has 0 radical (unpaired) electrons. The number of hydrogen-bond donors (Lipinski definition) is 1. The van der Waals surface area contributed by atoms with Gasteiger partial charge in [-0.25, -0.2) is 0 Å². The van der Waals surface area contributed by atoms with Crippen molar-refractivity contribution in [1.82, 2.24) is 20.1 Å². The fraction of sp³-hybridized carbons (Fsp3) is 0.206. The lowest BCUT2D eigenvalue weighted by molar-refractivity contribution is 0.0748. The minimum absolute atomic E-state index is 0.00905. The zero-order valence-corrected chi connectivity index (χ0v) is 24.6. The van der Waals surface area contributed by atoms with E-state index in [1.807, 2.05) is 60.5 Å². The van der Waals surface area contributed by atoms with E-state index in [1.54, 1.807) is 49.7 Å². The van der Waals surface area contributed by atoms with E-state index in [-0.39, 0.29) is 17.5 Å². The Bertz CT molecular complexity index is 1780. The van der Waals surface area contributed by atoms with Crippen molar-refractivity contribution in [3.05, 3.63) is 103 Å². The fourth-order valence-corrected chi connectivity index (χ4v) is 5.34. The first-order valence-corrected chi connectivity index (χ1v) is 14.5. The van der Waals surface area contributed by atoms with E-state index in [4.69, 9.17) is 9.47 Å². The van der Waals surface area contributed by atoms with E-state index in [0.717, 1.165) is 21.9 Å². The molecule has 2 amide bonds. The van der Waals surface area contributed by atoms with Gasteiger partial charge in [-0.15, -0.1) is 10.2 Å². The van der Waals surface area contributed by atoms with Crippen molar-refractivity contribution in [3.8, 4) is 22.6 Å². The predicted octanol–water partition coefficient (Wildman–Crippen LogP) is 5.31. The van der Waals surface area contributed by atoms with Crippen molar-refractivity contribution in [2.24, 2.45) is 0 Å². The highest BCUT2D eigenvalue weighted by Gasteiger charge is 2.25. The number of piperazine rings is 1. The summed E-state index contributed by atoms with van der Waals surface area (Å²) in [6.07, 6.45) is 3.52. The maximum atomic E-state index is 13.7. The van der Waals surface area contributed by atoms with E-state index < -0.39 is 0 Å². The van der Waals surface area contributed by atoms with Gasteiger partial charge < -0.3 is 24.6 Å². The van der Waals surface area contributed by atoms with Gasteiger partial charge in [0.2, 0.25) is 0 Å². The second-order valence-electron chi connectivity index (χ2n) is 10.3. The third-order valence-corrected chi connectivity index (χ3v) is 7.61. The summed E-state index contributed by atoms with van der Waals surface area (Å²) in [4.78, 5) is 34.7. The fourth-order valence-electron chi connectivity index (χ4n) is 5.34. The lowest BCUT2D eigenvalue weighted by Gasteiger charge is -2.35. The van der Waals surface area contributed by atoms with Crippen molar-refractivity contribution < 1.29 is 19.1 Å². The van der Waals surface area contributed by atoms with Crippen LogP contribution in [0.5, 0.6) is 11.5 Å². The topological polar surface area (TPSA) is 110 Å². The van der Waals surface area contributed by atoms with E-state index >= 15 is 0 Å². The Labute approximate surface area is 255 Å². The Balaban J connectivity index is 1.12. The molecule has 6 rings (SSSR count). The molecule has 0 spiro atoms. The molecule has 222 valence electrons. The molecule has 0 saturated carbocycles. The molecule has 5 aromatic rings. The number of nitrogens with one attached hydrogen (secondary N) is 1. The first-order valence-electron chi connectivity index (χ1n) is 14.5. The molecule has 0 unspecified atom stereocenters.